The van der Waals surface area contributed by atoms with Crippen LogP contribution in [0.1, 0.15) is 47.1 Å². The molecule has 1 aliphatic heterocycles. The second-order valence-corrected chi connectivity index (χ2v) is 8.55. The van der Waals surface area contributed by atoms with E-state index in [0.717, 1.165) is 11.0 Å². The number of amides is 2. The van der Waals surface area contributed by atoms with E-state index in [2.05, 4.69) is 30.7 Å². The first kappa shape index (κ1) is 19.2. The molecule has 29 heavy (non-hydrogen) atoms. The van der Waals surface area contributed by atoms with Crippen LogP contribution >= 0.6 is 0 Å². The highest BCUT2D eigenvalue weighted by Gasteiger charge is 2.26. The van der Waals surface area contributed by atoms with Crippen LogP contribution in [0.4, 0.5) is 0 Å². The number of H-pyrrole nitrogens is 1. The molecule has 0 radical (unpaired) electrons. The van der Waals surface area contributed by atoms with Crippen molar-refractivity contribution in [2.75, 3.05) is 26.2 Å². The van der Waals surface area contributed by atoms with Crippen LogP contribution in [0, 0.1) is 0 Å². The number of aromatic amines is 1. The zero-order chi connectivity index (χ0) is 20.6. The molecule has 2 aromatic carbocycles. The Balaban J connectivity index is 1.39. The van der Waals surface area contributed by atoms with Gasteiger partial charge in [-0.05, 0) is 41.3 Å². The molecule has 2 heterocycles. The highest BCUT2D eigenvalue weighted by atomic mass is 16.2. The first-order valence-corrected chi connectivity index (χ1v) is 9.95. The van der Waals surface area contributed by atoms with Crippen LogP contribution in [0.25, 0.3) is 11.0 Å². The summed E-state index contributed by atoms with van der Waals surface area (Å²) < 4.78 is 0. The molecule has 1 saturated heterocycles. The second-order valence-electron chi connectivity index (χ2n) is 8.55. The maximum absolute atomic E-state index is 12.8. The Morgan fingerprint density at radius 1 is 0.862 bits per heavy atom. The van der Waals surface area contributed by atoms with E-state index < -0.39 is 0 Å². The van der Waals surface area contributed by atoms with Crippen molar-refractivity contribution in [2.45, 2.75) is 26.2 Å². The number of carbonyl (C=O) groups is 2. The summed E-state index contributed by atoms with van der Waals surface area (Å²) in [5.74, 6) is 0.0135. The number of benzene rings is 2. The molecule has 1 fully saturated rings. The molecule has 0 unspecified atom stereocenters. The topological polar surface area (TPSA) is 69.3 Å². The van der Waals surface area contributed by atoms with Gasteiger partial charge in [0.05, 0.1) is 17.4 Å². The first-order chi connectivity index (χ1) is 13.8. The number of piperazine rings is 1. The molecule has 0 spiro atoms. The average molecular weight is 390 g/mol. The van der Waals surface area contributed by atoms with Gasteiger partial charge in [0.1, 0.15) is 0 Å². The molecule has 0 saturated carbocycles. The maximum atomic E-state index is 12.8. The van der Waals surface area contributed by atoms with E-state index in [1.54, 1.807) is 12.4 Å². The summed E-state index contributed by atoms with van der Waals surface area (Å²) in [4.78, 5) is 36.5. The number of aromatic nitrogens is 2. The molecule has 4 rings (SSSR count). The van der Waals surface area contributed by atoms with Crippen LogP contribution in [0.2, 0.25) is 0 Å². The van der Waals surface area contributed by atoms with Gasteiger partial charge in [0.25, 0.3) is 11.8 Å². The molecular weight excluding hydrogens is 364 g/mol. The van der Waals surface area contributed by atoms with Crippen molar-refractivity contribution in [2.24, 2.45) is 0 Å². The van der Waals surface area contributed by atoms with Gasteiger partial charge in [0, 0.05) is 37.3 Å². The van der Waals surface area contributed by atoms with Crippen molar-refractivity contribution in [1.29, 1.82) is 0 Å². The third-order valence-corrected chi connectivity index (χ3v) is 5.52. The van der Waals surface area contributed by atoms with Gasteiger partial charge in [0.2, 0.25) is 0 Å². The monoisotopic (exact) mass is 390 g/mol. The summed E-state index contributed by atoms with van der Waals surface area (Å²) in [5.41, 5.74) is 4.30. The van der Waals surface area contributed by atoms with E-state index in [-0.39, 0.29) is 17.2 Å². The lowest BCUT2D eigenvalue weighted by molar-refractivity contribution is 0.0535. The Morgan fingerprint density at radius 2 is 1.41 bits per heavy atom. The number of carbonyl (C=O) groups excluding carboxylic acids is 2. The minimum absolute atomic E-state index is 0.0110. The van der Waals surface area contributed by atoms with Crippen LogP contribution in [-0.4, -0.2) is 57.8 Å². The molecule has 1 aliphatic rings. The quantitative estimate of drug-likeness (QED) is 0.729. The fourth-order valence-corrected chi connectivity index (χ4v) is 3.66. The number of rotatable bonds is 2. The zero-order valence-electron chi connectivity index (χ0n) is 17.1. The largest absolute Gasteiger partial charge is 0.345 e. The molecule has 2 amide bonds. The summed E-state index contributed by atoms with van der Waals surface area (Å²) >= 11 is 0. The molecule has 6 nitrogen and oxygen atoms in total. The molecule has 3 aromatic rings. The Hall–Kier alpha value is -3.15. The first-order valence-electron chi connectivity index (χ1n) is 9.95. The van der Waals surface area contributed by atoms with Crippen molar-refractivity contribution in [3.63, 3.8) is 0 Å². The van der Waals surface area contributed by atoms with Gasteiger partial charge in [-0.2, -0.15) is 0 Å². The van der Waals surface area contributed by atoms with Crippen LogP contribution in [0.3, 0.4) is 0 Å². The molecule has 0 atom stereocenters. The third-order valence-electron chi connectivity index (χ3n) is 5.52. The third kappa shape index (κ3) is 3.88. The van der Waals surface area contributed by atoms with E-state index in [0.29, 0.717) is 37.3 Å². The summed E-state index contributed by atoms with van der Waals surface area (Å²) in [7, 11) is 0. The molecule has 1 N–H and O–H groups in total. The van der Waals surface area contributed by atoms with E-state index in [1.165, 1.54) is 5.56 Å². The van der Waals surface area contributed by atoms with Gasteiger partial charge in [-0.15, -0.1) is 0 Å². The Bertz CT molecular complexity index is 1040. The Labute approximate surface area is 170 Å². The lowest BCUT2D eigenvalue weighted by Crippen LogP contribution is -2.50. The van der Waals surface area contributed by atoms with Crippen molar-refractivity contribution in [1.82, 2.24) is 19.8 Å². The molecule has 0 aliphatic carbocycles. The number of imidazole rings is 1. The lowest BCUT2D eigenvalue weighted by Gasteiger charge is -2.35. The minimum atomic E-state index is -0.0110. The predicted octanol–water partition coefficient (Wildman–Crippen LogP) is 3.46. The summed E-state index contributed by atoms with van der Waals surface area (Å²) in [5, 5.41) is 0. The van der Waals surface area contributed by atoms with Crippen molar-refractivity contribution >= 4 is 22.8 Å². The normalized spacial score (nSPS) is 15.0. The van der Waals surface area contributed by atoms with Crippen LogP contribution in [-0.2, 0) is 5.41 Å². The SMILES string of the molecule is CC(C)(C)c1ccc(C(=O)N2CCN(C(=O)c3ccc4nc[nH]c4c3)CC2)cc1. The molecule has 6 heteroatoms. The fraction of sp³-hybridized carbons (Fsp3) is 0.348. The summed E-state index contributed by atoms with van der Waals surface area (Å²) in [6, 6.07) is 13.3. The van der Waals surface area contributed by atoms with E-state index >= 15 is 0 Å². The average Bonchev–Trinajstić information content (AvgIpc) is 3.20. The standard InChI is InChI=1S/C23H26N4O2/c1-23(2,3)18-7-4-16(5-8-18)21(28)26-10-12-27(13-11-26)22(29)17-6-9-19-20(14-17)25-15-24-19/h4-9,14-15H,10-13H2,1-3H3,(H,24,25). The van der Waals surface area contributed by atoms with Gasteiger partial charge >= 0.3 is 0 Å². The number of fused-ring (bicyclic) bond motifs is 1. The van der Waals surface area contributed by atoms with E-state index in [4.69, 9.17) is 0 Å². The molecule has 0 bridgehead atoms. The zero-order valence-corrected chi connectivity index (χ0v) is 17.1. The van der Waals surface area contributed by atoms with Crippen LogP contribution in [0.15, 0.2) is 48.8 Å². The molecule has 150 valence electrons. The van der Waals surface area contributed by atoms with Crippen LogP contribution < -0.4 is 0 Å². The van der Waals surface area contributed by atoms with Crippen molar-refractivity contribution in [3.05, 3.63) is 65.5 Å². The van der Waals surface area contributed by atoms with E-state index in [1.807, 2.05) is 46.2 Å². The molecule has 1 aromatic heterocycles. The van der Waals surface area contributed by atoms with E-state index in [9.17, 15) is 9.59 Å². The highest BCUT2D eigenvalue weighted by molar-refractivity contribution is 5.98. The Kier molecular flexibility index (Phi) is 4.86. The smallest absolute Gasteiger partial charge is 0.254 e. The van der Waals surface area contributed by atoms with Crippen molar-refractivity contribution in [3.8, 4) is 0 Å². The van der Waals surface area contributed by atoms with Gasteiger partial charge in [-0.3, -0.25) is 9.59 Å². The van der Waals surface area contributed by atoms with Crippen molar-refractivity contribution < 1.29 is 9.59 Å². The number of nitrogens with zero attached hydrogens (tertiary/aromatic N) is 3. The van der Waals surface area contributed by atoms with Gasteiger partial charge in [-0.1, -0.05) is 32.9 Å². The summed E-state index contributed by atoms with van der Waals surface area (Å²) in [6.45, 7) is 8.62. The minimum Gasteiger partial charge on any atom is -0.345 e. The maximum Gasteiger partial charge on any atom is 0.254 e. The second kappa shape index (κ2) is 7.35. The number of hydrogen-bond acceptors (Lipinski definition) is 3. The number of hydrogen-bond donors (Lipinski definition) is 1. The van der Waals surface area contributed by atoms with Crippen LogP contribution in [0.5, 0.6) is 0 Å². The summed E-state index contributed by atoms with van der Waals surface area (Å²) in [6.07, 6.45) is 1.62. The lowest BCUT2D eigenvalue weighted by atomic mass is 9.86. The molecular formula is C23H26N4O2. The van der Waals surface area contributed by atoms with Gasteiger partial charge in [0.15, 0.2) is 0 Å². The number of nitrogens with one attached hydrogen (secondary N) is 1. The Morgan fingerprint density at radius 3 is 2.00 bits per heavy atom. The fourth-order valence-electron chi connectivity index (χ4n) is 3.66. The predicted molar refractivity (Wildman–Crippen MR) is 113 cm³/mol. The van der Waals surface area contributed by atoms with Gasteiger partial charge < -0.3 is 14.8 Å². The highest BCUT2D eigenvalue weighted by Crippen LogP contribution is 2.23. The van der Waals surface area contributed by atoms with Gasteiger partial charge in [-0.25, -0.2) is 4.98 Å².